The topological polar surface area (TPSA) is 58.4 Å². The monoisotopic (exact) mass is 261 g/mol. The molecule has 0 aliphatic heterocycles. The van der Waals surface area contributed by atoms with Gasteiger partial charge in [0, 0.05) is 18.3 Å². The van der Waals surface area contributed by atoms with Crippen molar-refractivity contribution < 1.29 is 18.0 Å². The van der Waals surface area contributed by atoms with E-state index in [9.17, 15) is 18.0 Å². The number of alkyl halides is 3. The standard InChI is InChI=1S/C11H14F3N3O/c1-7-5-8(16-15)3-4-9(7)10(18)17(2)6-11(12,13)14/h3-5,16H,6,15H2,1-2H3. The van der Waals surface area contributed by atoms with Crippen molar-refractivity contribution in [3.63, 3.8) is 0 Å². The maximum absolute atomic E-state index is 12.2. The molecule has 1 aromatic carbocycles. The summed E-state index contributed by atoms with van der Waals surface area (Å²) in [6.45, 7) is 0.359. The first-order valence-electron chi connectivity index (χ1n) is 5.14. The van der Waals surface area contributed by atoms with Gasteiger partial charge in [0.25, 0.3) is 5.91 Å². The van der Waals surface area contributed by atoms with E-state index in [4.69, 9.17) is 5.84 Å². The number of nitrogen functional groups attached to an aromatic ring is 1. The van der Waals surface area contributed by atoms with E-state index in [1.165, 1.54) is 12.1 Å². The van der Waals surface area contributed by atoms with Crippen molar-refractivity contribution in [3.8, 4) is 0 Å². The number of hydrazine groups is 1. The first-order valence-corrected chi connectivity index (χ1v) is 5.14. The number of amides is 1. The molecule has 0 radical (unpaired) electrons. The van der Waals surface area contributed by atoms with Crippen LogP contribution in [0.25, 0.3) is 0 Å². The summed E-state index contributed by atoms with van der Waals surface area (Å²) in [7, 11) is 1.12. The van der Waals surface area contributed by atoms with Crippen LogP contribution in [0.3, 0.4) is 0 Å². The minimum atomic E-state index is -4.41. The molecule has 0 unspecified atom stereocenters. The number of carbonyl (C=O) groups excluding carboxylic acids is 1. The fourth-order valence-corrected chi connectivity index (χ4v) is 1.54. The quantitative estimate of drug-likeness (QED) is 0.645. The van der Waals surface area contributed by atoms with Gasteiger partial charge in [0.2, 0.25) is 0 Å². The number of anilines is 1. The second-order valence-corrected chi connectivity index (χ2v) is 3.95. The molecule has 0 aliphatic carbocycles. The van der Waals surface area contributed by atoms with Gasteiger partial charge in [-0.2, -0.15) is 13.2 Å². The Kier molecular flexibility index (Phi) is 4.18. The number of benzene rings is 1. The molecule has 0 saturated heterocycles. The molecular formula is C11H14F3N3O. The van der Waals surface area contributed by atoms with Crippen LogP contribution in [0.5, 0.6) is 0 Å². The van der Waals surface area contributed by atoms with Gasteiger partial charge in [-0.1, -0.05) is 0 Å². The number of hydrogen-bond donors (Lipinski definition) is 2. The molecule has 3 N–H and O–H groups in total. The van der Waals surface area contributed by atoms with Crippen LogP contribution >= 0.6 is 0 Å². The van der Waals surface area contributed by atoms with E-state index in [1.54, 1.807) is 13.0 Å². The summed E-state index contributed by atoms with van der Waals surface area (Å²) in [5.41, 5.74) is 3.76. The third-order valence-electron chi connectivity index (χ3n) is 2.39. The molecule has 4 nitrogen and oxygen atoms in total. The van der Waals surface area contributed by atoms with E-state index >= 15 is 0 Å². The summed E-state index contributed by atoms with van der Waals surface area (Å²) in [5.74, 6) is 4.52. The molecule has 18 heavy (non-hydrogen) atoms. The highest BCUT2D eigenvalue weighted by atomic mass is 19.4. The fraction of sp³-hybridized carbons (Fsp3) is 0.364. The maximum atomic E-state index is 12.2. The lowest BCUT2D eigenvalue weighted by molar-refractivity contribution is -0.138. The molecule has 0 bridgehead atoms. The van der Waals surface area contributed by atoms with Crippen molar-refractivity contribution in [1.29, 1.82) is 0 Å². The average Bonchev–Trinajstić information content (AvgIpc) is 2.25. The summed E-state index contributed by atoms with van der Waals surface area (Å²) in [6, 6.07) is 4.57. The van der Waals surface area contributed by atoms with Crippen LogP contribution in [-0.4, -0.2) is 30.6 Å². The molecule has 0 atom stereocenters. The van der Waals surface area contributed by atoms with E-state index < -0.39 is 18.6 Å². The number of rotatable bonds is 3. The van der Waals surface area contributed by atoms with Crippen LogP contribution in [0.15, 0.2) is 18.2 Å². The van der Waals surface area contributed by atoms with E-state index in [1.807, 2.05) is 0 Å². The highest BCUT2D eigenvalue weighted by molar-refractivity contribution is 5.95. The van der Waals surface area contributed by atoms with Crippen molar-refractivity contribution in [2.75, 3.05) is 19.0 Å². The second-order valence-electron chi connectivity index (χ2n) is 3.95. The van der Waals surface area contributed by atoms with Gasteiger partial charge in [-0.3, -0.25) is 10.6 Å². The van der Waals surface area contributed by atoms with Gasteiger partial charge in [0.05, 0.1) is 0 Å². The highest BCUT2D eigenvalue weighted by Crippen LogP contribution is 2.19. The lowest BCUT2D eigenvalue weighted by atomic mass is 10.1. The lowest BCUT2D eigenvalue weighted by Crippen LogP contribution is -2.36. The van der Waals surface area contributed by atoms with Crippen LogP contribution in [0, 0.1) is 6.92 Å². The van der Waals surface area contributed by atoms with Crippen molar-refractivity contribution in [1.82, 2.24) is 4.90 Å². The number of aryl methyl sites for hydroxylation is 1. The Morgan fingerprint density at radius 1 is 1.44 bits per heavy atom. The minimum absolute atomic E-state index is 0.223. The van der Waals surface area contributed by atoms with Crippen molar-refractivity contribution in [2.24, 2.45) is 5.84 Å². The molecule has 1 amide bonds. The first-order chi connectivity index (χ1) is 8.24. The average molecular weight is 261 g/mol. The molecule has 7 heteroatoms. The summed E-state index contributed by atoms with van der Waals surface area (Å²) in [4.78, 5) is 12.5. The van der Waals surface area contributed by atoms with Gasteiger partial charge in [-0.05, 0) is 30.7 Å². The Balaban J connectivity index is 2.90. The third-order valence-corrected chi connectivity index (χ3v) is 2.39. The molecule has 0 aliphatic rings. The van der Waals surface area contributed by atoms with Crippen LogP contribution in [-0.2, 0) is 0 Å². The molecule has 0 fully saturated rings. The zero-order valence-corrected chi connectivity index (χ0v) is 10.0. The minimum Gasteiger partial charge on any atom is -0.333 e. The number of hydrogen-bond acceptors (Lipinski definition) is 3. The van der Waals surface area contributed by atoms with Crippen LogP contribution in [0.4, 0.5) is 18.9 Å². The highest BCUT2D eigenvalue weighted by Gasteiger charge is 2.31. The summed E-state index contributed by atoms with van der Waals surface area (Å²) in [5, 5.41) is 0. The maximum Gasteiger partial charge on any atom is 0.406 e. The fourth-order valence-electron chi connectivity index (χ4n) is 1.54. The van der Waals surface area contributed by atoms with E-state index in [-0.39, 0.29) is 5.56 Å². The number of nitrogens with two attached hydrogens (primary N) is 1. The van der Waals surface area contributed by atoms with Crippen molar-refractivity contribution >= 4 is 11.6 Å². The van der Waals surface area contributed by atoms with Gasteiger partial charge >= 0.3 is 6.18 Å². The number of carbonyl (C=O) groups is 1. The zero-order chi connectivity index (χ0) is 13.9. The van der Waals surface area contributed by atoms with Gasteiger partial charge < -0.3 is 10.3 Å². The molecule has 100 valence electrons. The SMILES string of the molecule is Cc1cc(NN)ccc1C(=O)N(C)CC(F)(F)F. The third kappa shape index (κ3) is 3.63. The van der Waals surface area contributed by atoms with Crippen molar-refractivity contribution in [3.05, 3.63) is 29.3 Å². The smallest absolute Gasteiger partial charge is 0.333 e. The Morgan fingerprint density at radius 2 is 2.06 bits per heavy atom. The number of nitrogens with one attached hydrogen (secondary N) is 1. The predicted molar refractivity (Wildman–Crippen MR) is 62.0 cm³/mol. The molecule has 0 heterocycles. The van der Waals surface area contributed by atoms with Crippen LogP contribution in [0.2, 0.25) is 0 Å². The predicted octanol–water partition coefficient (Wildman–Crippen LogP) is 1.91. The Hall–Kier alpha value is -1.76. The van der Waals surface area contributed by atoms with Crippen LogP contribution in [0.1, 0.15) is 15.9 Å². The molecule has 0 spiro atoms. The van der Waals surface area contributed by atoms with Gasteiger partial charge in [0.15, 0.2) is 0 Å². The largest absolute Gasteiger partial charge is 0.406 e. The summed E-state index contributed by atoms with van der Waals surface area (Å²) >= 11 is 0. The Morgan fingerprint density at radius 3 is 2.50 bits per heavy atom. The Bertz CT molecular complexity index is 446. The molecular weight excluding hydrogens is 247 g/mol. The first kappa shape index (κ1) is 14.3. The zero-order valence-electron chi connectivity index (χ0n) is 10.0. The van der Waals surface area contributed by atoms with E-state index in [0.29, 0.717) is 16.2 Å². The second kappa shape index (κ2) is 5.26. The van der Waals surface area contributed by atoms with Crippen molar-refractivity contribution in [2.45, 2.75) is 13.1 Å². The van der Waals surface area contributed by atoms with Gasteiger partial charge in [-0.25, -0.2) is 0 Å². The molecule has 1 aromatic rings. The molecule has 0 saturated carbocycles. The van der Waals surface area contributed by atoms with Gasteiger partial charge in [-0.15, -0.1) is 0 Å². The van der Waals surface area contributed by atoms with E-state index in [2.05, 4.69) is 5.43 Å². The van der Waals surface area contributed by atoms with E-state index in [0.717, 1.165) is 7.05 Å². The lowest BCUT2D eigenvalue weighted by Gasteiger charge is -2.20. The number of halogens is 3. The molecule has 0 aromatic heterocycles. The van der Waals surface area contributed by atoms with Gasteiger partial charge in [0.1, 0.15) is 6.54 Å². The summed E-state index contributed by atoms with van der Waals surface area (Å²) in [6.07, 6.45) is -4.41. The summed E-state index contributed by atoms with van der Waals surface area (Å²) < 4.78 is 36.5. The Labute approximate surface area is 103 Å². The van der Waals surface area contributed by atoms with Crippen LogP contribution < -0.4 is 11.3 Å². The molecule has 1 rings (SSSR count). The normalized spacial score (nSPS) is 11.2. The number of nitrogens with zero attached hydrogens (tertiary/aromatic N) is 1.